The number of allylic oxidation sites excluding steroid dienone is 1. The Bertz CT molecular complexity index is 1300. The lowest BCUT2D eigenvalue weighted by atomic mass is 10.1. The summed E-state index contributed by atoms with van der Waals surface area (Å²) < 4.78 is 15.3. The highest BCUT2D eigenvalue weighted by Crippen LogP contribution is 2.32. The van der Waals surface area contributed by atoms with Gasteiger partial charge in [-0.15, -0.1) is 0 Å². The van der Waals surface area contributed by atoms with Gasteiger partial charge in [0.2, 0.25) is 0 Å². The molecule has 0 saturated carbocycles. The molecule has 0 saturated heterocycles. The van der Waals surface area contributed by atoms with Crippen LogP contribution in [0.2, 0.25) is 5.02 Å². The van der Waals surface area contributed by atoms with Gasteiger partial charge in [-0.1, -0.05) is 23.7 Å². The second-order valence-electron chi connectivity index (χ2n) is 7.15. The van der Waals surface area contributed by atoms with E-state index < -0.39 is 0 Å². The van der Waals surface area contributed by atoms with E-state index in [2.05, 4.69) is 39.4 Å². The lowest BCUT2D eigenvalue weighted by Gasteiger charge is -2.03. The van der Waals surface area contributed by atoms with Crippen molar-refractivity contribution < 1.29 is 4.39 Å². The number of rotatable bonds is 3. The number of aliphatic imine (C=N–C) groups is 1. The number of nitrogens with one attached hydrogen (secondary N) is 1. The fraction of sp³-hybridized carbons (Fsp3) is 0.130. The first-order valence-corrected chi connectivity index (χ1v) is 9.81. The zero-order valence-corrected chi connectivity index (χ0v) is 16.5. The fourth-order valence-electron chi connectivity index (χ4n) is 3.72. The number of hydrogen-bond acceptors (Lipinski definition) is 2. The molecule has 0 radical (unpaired) electrons. The maximum atomic E-state index is 13.4. The van der Waals surface area contributed by atoms with E-state index in [1.165, 1.54) is 12.1 Å². The second-order valence-corrected chi connectivity index (χ2v) is 7.55. The molecule has 144 valence electrons. The standard InChI is InChI=1S/C23H18ClFN4/c1-29-23(13-22(28-29)20-4-2-3-9-26-20)14-5-8-19-15(10-14)11-21(27-19)17-7-6-16(25)12-18(17)24/h3,5-13,27H,2,4H2,1H3. The van der Waals surface area contributed by atoms with Gasteiger partial charge in [-0.05, 0) is 55.3 Å². The van der Waals surface area contributed by atoms with Crippen molar-refractivity contribution in [3.63, 3.8) is 0 Å². The van der Waals surface area contributed by atoms with Crippen LogP contribution in [0.4, 0.5) is 4.39 Å². The van der Waals surface area contributed by atoms with Crippen LogP contribution < -0.4 is 0 Å². The Hall–Kier alpha value is -3.18. The predicted octanol–water partition coefficient (Wildman–Crippen LogP) is 6.12. The van der Waals surface area contributed by atoms with Crippen LogP contribution in [-0.4, -0.2) is 20.5 Å². The van der Waals surface area contributed by atoms with Crippen LogP contribution >= 0.6 is 11.6 Å². The summed E-state index contributed by atoms with van der Waals surface area (Å²) in [6.45, 7) is 0. The summed E-state index contributed by atoms with van der Waals surface area (Å²) in [5, 5.41) is 6.09. The molecular formula is C23H18ClFN4. The maximum Gasteiger partial charge on any atom is 0.124 e. The molecule has 5 rings (SSSR count). The smallest absolute Gasteiger partial charge is 0.124 e. The molecule has 1 aliphatic heterocycles. The number of aromatic nitrogens is 3. The monoisotopic (exact) mass is 404 g/mol. The molecule has 2 aromatic carbocycles. The van der Waals surface area contributed by atoms with E-state index in [0.717, 1.165) is 57.7 Å². The summed E-state index contributed by atoms with van der Waals surface area (Å²) in [5.41, 5.74) is 6.66. The highest BCUT2D eigenvalue weighted by atomic mass is 35.5. The van der Waals surface area contributed by atoms with Crippen molar-refractivity contribution in [1.82, 2.24) is 14.8 Å². The largest absolute Gasteiger partial charge is 0.354 e. The Labute approximate surface area is 172 Å². The van der Waals surface area contributed by atoms with E-state index in [4.69, 9.17) is 11.6 Å². The molecule has 3 heterocycles. The van der Waals surface area contributed by atoms with Gasteiger partial charge < -0.3 is 4.98 Å². The number of hydrogen-bond donors (Lipinski definition) is 1. The lowest BCUT2D eigenvalue weighted by molar-refractivity contribution is 0.628. The second kappa shape index (κ2) is 7.01. The fourth-order valence-corrected chi connectivity index (χ4v) is 3.99. The van der Waals surface area contributed by atoms with Gasteiger partial charge in [0.05, 0.1) is 16.4 Å². The van der Waals surface area contributed by atoms with E-state index in [0.29, 0.717) is 5.02 Å². The van der Waals surface area contributed by atoms with Crippen molar-refractivity contribution in [2.45, 2.75) is 12.8 Å². The maximum absolute atomic E-state index is 13.4. The number of halogens is 2. The summed E-state index contributed by atoms with van der Waals surface area (Å²) in [6.07, 6.45) is 5.82. The number of fused-ring (bicyclic) bond motifs is 1. The molecule has 0 fully saturated rings. The third kappa shape index (κ3) is 3.28. The van der Waals surface area contributed by atoms with Crippen molar-refractivity contribution in [3.8, 4) is 22.5 Å². The van der Waals surface area contributed by atoms with Gasteiger partial charge in [-0.2, -0.15) is 5.10 Å². The van der Waals surface area contributed by atoms with E-state index in [1.54, 1.807) is 6.07 Å². The number of aromatic amines is 1. The number of aryl methyl sites for hydroxylation is 1. The first kappa shape index (κ1) is 17.9. The predicted molar refractivity (Wildman–Crippen MR) is 116 cm³/mol. The summed E-state index contributed by atoms with van der Waals surface area (Å²) >= 11 is 6.23. The molecule has 1 N–H and O–H groups in total. The van der Waals surface area contributed by atoms with Crippen LogP contribution in [0, 0.1) is 5.82 Å². The minimum Gasteiger partial charge on any atom is -0.354 e. The molecular weight excluding hydrogens is 387 g/mol. The van der Waals surface area contributed by atoms with Crippen LogP contribution in [0.5, 0.6) is 0 Å². The Morgan fingerprint density at radius 3 is 2.79 bits per heavy atom. The molecule has 0 spiro atoms. The van der Waals surface area contributed by atoms with Gasteiger partial charge in [0, 0.05) is 41.0 Å². The van der Waals surface area contributed by atoms with Crippen molar-refractivity contribution >= 4 is 28.2 Å². The molecule has 29 heavy (non-hydrogen) atoms. The zero-order valence-electron chi connectivity index (χ0n) is 15.8. The summed E-state index contributed by atoms with van der Waals surface area (Å²) in [4.78, 5) is 7.83. The van der Waals surface area contributed by atoms with Crippen molar-refractivity contribution in [3.05, 3.63) is 77.3 Å². The normalized spacial score (nSPS) is 13.8. The van der Waals surface area contributed by atoms with Crippen molar-refractivity contribution in [2.24, 2.45) is 12.0 Å². The summed E-state index contributed by atoms with van der Waals surface area (Å²) in [7, 11) is 1.95. The third-order valence-corrected chi connectivity index (χ3v) is 5.51. The average molecular weight is 405 g/mol. The van der Waals surface area contributed by atoms with Crippen molar-refractivity contribution in [2.75, 3.05) is 0 Å². The molecule has 6 heteroatoms. The first-order valence-electron chi connectivity index (χ1n) is 9.43. The minimum atomic E-state index is -0.345. The molecule has 0 bridgehead atoms. The lowest BCUT2D eigenvalue weighted by Crippen LogP contribution is -2.04. The highest BCUT2D eigenvalue weighted by Gasteiger charge is 2.14. The topological polar surface area (TPSA) is 46.0 Å². The van der Waals surface area contributed by atoms with Crippen LogP contribution in [0.15, 0.2) is 65.8 Å². The Kier molecular flexibility index (Phi) is 4.32. The Balaban J connectivity index is 1.55. The molecule has 0 atom stereocenters. The van der Waals surface area contributed by atoms with Gasteiger partial charge in [0.25, 0.3) is 0 Å². The highest BCUT2D eigenvalue weighted by molar-refractivity contribution is 6.33. The van der Waals surface area contributed by atoms with Gasteiger partial charge in [0.1, 0.15) is 11.5 Å². The van der Waals surface area contributed by atoms with Crippen LogP contribution in [-0.2, 0) is 7.05 Å². The van der Waals surface area contributed by atoms with Crippen LogP contribution in [0.1, 0.15) is 18.5 Å². The average Bonchev–Trinajstić information content (AvgIpc) is 3.31. The molecule has 0 amide bonds. The number of H-pyrrole nitrogens is 1. The first-order chi connectivity index (χ1) is 14.1. The Morgan fingerprint density at radius 2 is 2.00 bits per heavy atom. The molecule has 4 nitrogen and oxygen atoms in total. The molecule has 0 aliphatic carbocycles. The van der Waals surface area contributed by atoms with Gasteiger partial charge in [-0.25, -0.2) is 4.39 Å². The van der Waals surface area contributed by atoms with Crippen LogP contribution in [0.25, 0.3) is 33.4 Å². The number of benzene rings is 2. The summed E-state index contributed by atoms with van der Waals surface area (Å²) in [5.74, 6) is -0.345. The summed E-state index contributed by atoms with van der Waals surface area (Å²) in [6, 6.07) is 14.8. The van der Waals surface area contributed by atoms with E-state index in [1.807, 2.05) is 30.1 Å². The molecule has 1 aliphatic rings. The van der Waals surface area contributed by atoms with Gasteiger partial charge in [0.15, 0.2) is 0 Å². The van der Waals surface area contributed by atoms with Gasteiger partial charge in [-0.3, -0.25) is 9.67 Å². The van der Waals surface area contributed by atoms with E-state index in [9.17, 15) is 4.39 Å². The van der Waals surface area contributed by atoms with Gasteiger partial charge >= 0.3 is 0 Å². The molecule has 2 aromatic heterocycles. The van der Waals surface area contributed by atoms with E-state index in [-0.39, 0.29) is 5.82 Å². The quantitative estimate of drug-likeness (QED) is 0.439. The van der Waals surface area contributed by atoms with E-state index >= 15 is 0 Å². The molecule has 4 aromatic rings. The third-order valence-electron chi connectivity index (χ3n) is 5.20. The SMILES string of the molecule is Cn1nc(C2=NC=CCC2)cc1-c1ccc2[nH]c(-c3ccc(F)cc3Cl)cc2c1. The van der Waals surface area contributed by atoms with Crippen molar-refractivity contribution in [1.29, 1.82) is 0 Å². The Morgan fingerprint density at radius 1 is 1.10 bits per heavy atom. The molecule has 0 unspecified atom stereocenters. The minimum absolute atomic E-state index is 0.345. The number of nitrogens with zero attached hydrogens (tertiary/aromatic N) is 3. The zero-order chi connectivity index (χ0) is 20.0. The van der Waals surface area contributed by atoms with Crippen LogP contribution in [0.3, 0.4) is 0 Å².